The van der Waals surface area contributed by atoms with Crippen LogP contribution in [0.15, 0.2) is 18.2 Å². The van der Waals surface area contributed by atoms with Crippen molar-refractivity contribution >= 4 is 28.9 Å². The quantitative estimate of drug-likeness (QED) is 0.817. The van der Waals surface area contributed by atoms with Gasteiger partial charge in [0.25, 0.3) is 0 Å². The zero-order valence-electron chi connectivity index (χ0n) is 11.9. The maximum absolute atomic E-state index is 12.1. The first-order valence-electron chi connectivity index (χ1n) is 6.37. The van der Waals surface area contributed by atoms with Crippen LogP contribution in [0.4, 0.5) is 11.4 Å². The predicted octanol–water partition coefficient (Wildman–Crippen LogP) is 2.84. The van der Waals surface area contributed by atoms with Crippen LogP contribution in [0.5, 0.6) is 0 Å². The van der Waals surface area contributed by atoms with E-state index in [1.165, 1.54) is 0 Å². The van der Waals surface area contributed by atoms with E-state index in [1.54, 1.807) is 18.2 Å². The number of hydrogen-bond donors (Lipinski definition) is 2. The third-order valence-electron chi connectivity index (χ3n) is 2.94. The van der Waals surface area contributed by atoms with Crippen LogP contribution >= 0.6 is 11.6 Å². The summed E-state index contributed by atoms with van der Waals surface area (Å²) >= 11 is 6.03. The summed E-state index contributed by atoms with van der Waals surface area (Å²) in [6.07, 6.45) is 0. The first-order chi connectivity index (χ1) is 8.81. The van der Waals surface area contributed by atoms with Crippen LogP contribution < -0.4 is 11.1 Å². The molecule has 0 heterocycles. The Hall–Kier alpha value is -1.26. The topological polar surface area (TPSA) is 58.4 Å². The number of benzene rings is 1. The van der Waals surface area contributed by atoms with Crippen molar-refractivity contribution in [1.29, 1.82) is 0 Å². The molecule has 1 unspecified atom stereocenters. The summed E-state index contributed by atoms with van der Waals surface area (Å²) in [5.41, 5.74) is 6.78. The Morgan fingerprint density at radius 1 is 1.42 bits per heavy atom. The minimum absolute atomic E-state index is 0.0742. The van der Waals surface area contributed by atoms with Crippen LogP contribution in [0.25, 0.3) is 0 Å². The summed E-state index contributed by atoms with van der Waals surface area (Å²) < 4.78 is 0. The number of carbonyl (C=O) groups excluding carboxylic acids is 1. The Morgan fingerprint density at radius 2 is 2.05 bits per heavy atom. The normalized spacial score (nSPS) is 12.8. The molecular formula is C14H22ClN3O. The number of rotatable bonds is 5. The van der Waals surface area contributed by atoms with E-state index in [2.05, 4.69) is 19.2 Å². The molecule has 0 fully saturated rings. The first-order valence-corrected chi connectivity index (χ1v) is 6.75. The van der Waals surface area contributed by atoms with Crippen LogP contribution in [0.3, 0.4) is 0 Å². The number of nitrogens with zero attached hydrogens (tertiary/aromatic N) is 1. The standard InChI is InChI=1S/C14H22ClN3O/c1-9(2)8-18(4)10(3)14(19)17-13-6-5-11(16)7-12(13)15/h5-7,9-10H,8,16H2,1-4H3,(H,17,19). The van der Waals surface area contributed by atoms with E-state index < -0.39 is 0 Å². The number of hydrogen-bond acceptors (Lipinski definition) is 3. The third-order valence-corrected chi connectivity index (χ3v) is 3.26. The molecule has 1 amide bonds. The monoisotopic (exact) mass is 283 g/mol. The van der Waals surface area contributed by atoms with E-state index in [0.29, 0.717) is 22.3 Å². The molecule has 0 spiro atoms. The SMILES string of the molecule is CC(C)CN(C)C(C)C(=O)Nc1ccc(N)cc1Cl. The average molecular weight is 284 g/mol. The van der Waals surface area contributed by atoms with Crippen molar-refractivity contribution in [1.82, 2.24) is 4.90 Å². The summed E-state index contributed by atoms with van der Waals surface area (Å²) in [4.78, 5) is 14.1. The Bertz CT molecular complexity index is 448. The van der Waals surface area contributed by atoms with E-state index in [0.717, 1.165) is 6.54 Å². The molecule has 0 radical (unpaired) electrons. The van der Waals surface area contributed by atoms with E-state index in [1.807, 2.05) is 18.9 Å². The van der Waals surface area contributed by atoms with Gasteiger partial charge in [0.2, 0.25) is 5.91 Å². The summed E-state index contributed by atoms with van der Waals surface area (Å²) in [7, 11) is 1.94. The van der Waals surface area contributed by atoms with Gasteiger partial charge in [0.15, 0.2) is 0 Å². The van der Waals surface area contributed by atoms with Crippen LogP contribution in [-0.2, 0) is 4.79 Å². The molecule has 0 aliphatic heterocycles. The van der Waals surface area contributed by atoms with Gasteiger partial charge in [-0.1, -0.05) is 25.4 Å². The number of anilines is 2. The Labute approximate surface area is 119 Å². The lowest BCUT2D eigenvalue weighted by molar-refractivity contribution is -0.120. The number of likely N-dealkylation sites (N-methyl/N-ethyl adjacent to an activating group) is 1. The van der Waals surface area contributed by atoms with E-state index in [-0.39, 0.29) is 11.9 Å². The minimum atomic E-state index is -0.212. The second-order valence-electron chi connectivity index (χ2n) is 5.24. The van der Waals surface area contributed by atoms with Crippen LogP contribution in [-0.4, -0.2) is 30.4 Å². The predicted molar refractivity (Wildman–Crippen MR) is 81.4 cm³/mol. The average Bonchev–Trinajstić information content (AvgIpc) is 2.30. The molecule has 1 atom stereocenters. The molecule has 0 saturated carbocycles. The molecule has 0 aromatic heterocycles. The first kappa shape index (κ1) is 15.8. The Kier molecular flexibility index (Phi) is 5.63. The number of amides is 1. The highest BCUT2D eigenvalue weighted by Crippen LogP contribution is 2.24. The molecule has 1 aromatic carbocycles. The Balaban J connectivity index is 2.68. The van der Waals surface area contributed by atoms with E-state index in [9.17, 15) is 4.79 Å². The molecule has 0 bridgehead atoms. The summed E-state index contributed by atoms with van der Waals surface area (Å²) in [6, 6.07) is 4.84. The molecule has 5 heteroatoms. The number of carbonyl (C=O) groups is 1. The van der Waals surface area contributed by atoms with Crippen molar-refractivity contribution in [2.24, 2.45) is 5.92 Å². The van der Waals surface area contributed by atoms with E-state index in [4.69, 9.17) is 17.3 Å². The van der Waals surface area contributed by atoms with Crippen LogP contribution in [0.2, 0.25) is 5.02 Å². The third kappa shape index (κ3) is 4.73. The number of halogens is 1. The van der Waals surface area contributed by atoms with Gasteiger partial charge in [-0.15, -0.1) is 0 Å². The van der Waals surface area contributed by atoms with Crippen molar-refractivity contribution in [3.05, 3.63) is 23.2 Å². The van der Waals surface area contributed by atoms with Gasteiger partial charge in [-0.25, -0.2) is 0 Å². The van der Waals surface area contributed by atoms with Gasteiger partial charge in [0.1, 0.15) is 0 Å². The fourth-order valence-corrected chi connectivity index (χ4v) is 2.04. The van der Waals surface area contributed by atoms with Crippen molar-refractivity contribution < 1.29 is 4.79 Å². The van der Waals surface area contributed by atoms with Gasteiger partial charge in [-0.05, 0) is 38.1 Å². The lowest BCUT2D eigenvalue weighted by Crippen LogP contribution is -2.41. The minimum Gasteiger partial charge on any atom is -0.399 e. The lowest BCUT2D eigenvalue weighted by Gasteiger charge is -2.25. The van der Waals surface area contributed by atoms with E-state index >= 15 is 0 Å². The molecule has 1 rings (SSSR count). The fourth-order valence-electron chi connectivity index (χ4n) is 1.80. The van der Waals surface area contributed by atoms with Crippen LogP contribution in [0, 0.1) is 5.92 Å². The Morgan fingerprint density at radius 3 is 2.58 bits per heavy atom. The lowest BCUT2D eigenvalue weighted by atomic mass is 10.1. The molecule has 0 aliphatic rings. The number of nitrogens with one attached hydrogen (secondary N) is 1. The molecule has 106 valence electrons. The summed E-state index contributed by atoms with van der Waals surface area (Å²) in [5.74, 6) is 0.440. The van der Waals surface area contributed by atoms with Gasteiger partial charge in [-0.2, -0.15) is 0 Å². The van der Waals surface area contributed by atoms with Crippen molar-refractivity contribution in [3.63, 3.8) is 0 Å². The molecule has 3 N–H and O–H groups in total. The molecule has 1 aromatic rings. The number of nitrogens with two attached hydrogens (primary N) is 1. The highest BCUT2D eigenvalue weighted by atomic mass is 35.5. The highest BCUT2D eigenvalue weighted by molar-refractivity contribution is 6.34. The van der Waals surface area contributed by atoms with Crippen molar-refractivity contribution in [3.8, 4) is 0 Å². The smallest absolute Gasteiger partial charge is 0.241 e. The van der Waals surface area contributed by atoms with Gasteiger partial charge >= 0.3 is 0 Å². The second kappa shape index (κ2) is 6.78. The van der Waals surface area contributed by atoms with Gasteiger partial charge in [0.05, 0.1) is 16.8 Å². The summed E-state index contributed by atoms with van der Waals surface area (Å²) in [5, 5.41) is 3.27. The van der Waals surface area contributed by atoms with Gasteiger partial charge in [0, 0.05) is 12.2 Å². The van der Waals surface area contributed by atoms with Crippen LogP contribution in [0.1, 0.15) is 20.8 Å². The number of nitrogen functional groups attached to an aromatic ring is 1. The van der Waals surface area contributed by atoms with Crippen molar-refractivity contribution in [2.75, 3.05) is 24.6 Å². The molecule has 0 saturated heterocycles. The maximum Gasteiger partial charge on any atom is 0.241 e. The zero-order valence-corrected chi connectivity index (χ0v) is 12.7. The maximum atomic E-state index is 12.1. The molecule has 0 aliphatic carbocycles. The molecular weight excluding hydrogens is 262 g/mol. The van der Waals surface area contributed by atoms with Crippen molar-refractivity contribution in [2.45, 2.75) is 26.8 Å². The fraction of sp³-hybridized carbons (Fsp3) is 0.500. The van der Waals surface area contributed by atoms with Gasteiger partial charge < -0.3 is 11.1 Å². The van der Waals surface area contributed by atoms with Gasteiger partial charge in [-0.3, -0.25) is 9.69 Å². The molecule has 19 heavy (non-hydrogen) atoms. The largest absolute Gasteiger partial charge is 0.399 e. The summed E-state index contributed by atoms with van der Waals surface area (Å²) in [6.45, 7) is 6.99. The zero-order chi connectivity index (χ0) is 14.6. The highest BCUT2D eigenvalue weighted by Gasteiger charge is 2.19. The second-order valence-corrected chi connectivity index (χ2v) is 5.65. The molecule has 4 nitrogen and oxygen atoms in total.